The Labute approximate surface area is 174 Å². The molecule has 8 nitrogen and oxygen atoms in total. The molecule has 0 heterocycles. The summed E-state index contributed by atoms with van der Waals surface area (Å²) in [7, 11) is 1.25. The number of methoxy groups -OCH3 is 1. The third kappa shape index (κ3) is 4.89. The van der Waals surface area contributed by atoms with Crippen LogP contribution in [-0.2, 0) is 14.3 Å². The summed E-state index contributed by atoms with van der Waals surface area (Å²) < 4.78 is 10.2. The van der Waals surface area contributed by atoms with Gasteiger partial charge in [-0.05, 0) is 35.1 Å². The van der Waals surface area contributed by atoms with Crippen molar-refractivity contribution >= 4 is 18.1 Å². The van der Waals surface area contributed by atoms with Crippen LogP contribution in [0.25, 0.3) is 11.1 Å². The van der Waals surface area contributed by atoms with E-state index in [0.717, 1.165) is 22.3 Å². The summed E-state index contributed by atoms with van der Waals surface area (Å²) in [5.74, 6) is -0.651. The molecule has 30 heavy (non-hydrogen) atoms. The SMILES string of the molecule is COC(=O)[C@H](CCCNC(N)=O)NC(=O)OCC1c2ccccc2-c2ccccc21. The van der Waals surface area contributed by atoms with Crippen LogP contribution in [-0.4, -0.2) is 44.4 Å². The largest absolute Gasteiger partial charge is 0.467 e. The van der Waals surface area contributed by atoms with Crippen LogP contribution in [0.5, 0.6) is 0 Å². The van der Waals surface area contributed by atoms with Gasteiger partial charge in [0.1, 0.15) is 12.6 Å². The van der Waals surface area contributed by atoms with E-state index in [0.29, 0.717) is 6.42 Å². The third-order valence-corrected chi connectivity index (χ3v) is 5.09. The second-order valence-electron chi connectivity index (χ2n) is 6.98. The van der Waals surface area contributed by atoms with Crippen molar-refractivity contribution in [3.8, 4) is 11.1 Å². The van der Waals surface area contributed by atoms with Crippen LogP contribution < -0.4 is 16.4 Å². The maximum Gasteiger partial charge on any atom is 0.407 e. The number of hydrogen-bond donors (Lipinski definition) is 3. The molecule has 0 aliphatic heterocycles. The number of primary amides is 1. The molecule has 1 aliphatic rings. The van der Waals surface area contributed by atoms with E-state index in [9.17, 15) is 14.4 Å². The fraction of sp³-hybridized carbons (Fsp3) is 0.318. The summed E-state index contributed by atoms with van der Waals surface area (Å²) in [5, 5.41) is 4.98. The predicted octanol–water partition coefficient (Wildman–Crippen LogP) is 2.52. The molecular formula is C22H25N3O5. The van der Waals surface area contributed by atoms with Gasteiger partial charge in [0.25, 0.3) is 0 Å². The summed E-state index contributed by atoms with van der Waals surface area (Å²) in [6, 6.07) is 14.6. The maximum atomic E-state index is 12.4. The molecule has 158 valence electrons. The highest BCUT2D eigenvalue weighted by molar-refractivity contribution is 5.82. The molecule has 0 spiro atoms. The zero-order chi connectivity index (χ0) is 21.5. The van der Waals surface area contributed by atoms with Crippen molar-refractivity contribution in [1.82, 2.24) is 10.6 Å². The number of fused-ring (bicyclic) bond motifs is 3. The Hall–Kier alpha value is -3.55. The summed E-state index contributed by atoms with van der Waals surface area (Å²) in [4.78, 5) is 35.1. The first kappa shape index (κ1) is 21.2. The second kappa shape index (κ2) is 9.78. The molecule has 0 aromatic heterocycles. The van der Waals surface area contributed by atoms with Gasteiger partial charge in [-0.1, -0.05) is 48.5 Å². The van der Waals surface area contributed by atoms with Gasteiger partial charge >= 0.3 is 18.1 Å². The molecule has 0 saturated heterocycles. The van der Waals surface area contributed by atoms with E-state index in [-0.39, 0.29) is 25.5 Å². The monoisotopic (exact) mass is 411 g/mol. The fourth-order valence-corrected chi connectivity index (χ4v) is 3.69. The number of rotatable bonds is 8. The Bertz CT molecular complexity index is 885. The van der Waals surface area contributed by atoms with Crippen molar-refractivity contribution in [1.29, 1.82) is 0 Å². The van der Waals surface area contributed by atoms with Crippen molar-refractivity contribution in [2.45, 2.75) is 24.8 Å². The van der Waals surface area contributed by atoms with Gasteiger partial charge < -0.3 is 25.8 Å². The molecule has 2 aromatic carbocycles. The van der Waals surface area contributed by atoms with E-state index < -0.39 is 24.1 Å². The number of carbonyl (C=O) groups excluding carboxylic acids is 3. The molecule has 0 radical (unpaired) electrons. The molecule has 0 unspecified atom stereocenters. The fourth-order valence-electron chi connectivity index (χ4n) is 3.69. The van der Waals surface area contributed by atoms with Gasteiger partial charge in [-0.15, -0.1) is 0 Å². The Morgan fingerprint density at radius 3 is 2.20 bits per heavy atom. The van der Waals surface area contributed by atoms with E-state index in [1.165, 1.54) is 7.11 Å². The van der Waals surface area contributed by atoms with Crippen molar-refractivity contribution in [2.75, 3.05) is 20.3 Å². The average molecular weight is 411 g/mol. The van der Waals surface area contributed by atoms with E-state index >= 15 is 0 Å². The van der Waals surface area contributed by atoms with Crippen LogP contribution in [0.1, 0.15) is 29.9 Å². The number of nitrogens with two attached hydrogens (primary N) is 1. The normalized spacial score (nSPS) is 13.0. The molecular weight excluding hydrogens is 386 g/mol. The van der Waals surface area contributed by atoms with E-state index in [4.69, 9.17) is 15.2 Å². The van der Waals surface area contributed by atoms with Gasteiger partial charge in [-0.2, -0.15) is 0 Å². The number of urea groups is 1. The van der Waals surface area contributed by atoms with Crippen LogP contribution in [0.2, 0.25) is 0 Å². The van der Waals surface area contributed by atoms with Crippen molar-refractivity contribution in [2.24, 2.45) is 5.73 Å². The van der Waals surface area contributed by atoms with Gasteiger partial charge in [-0.25, -0.2) is 14.4 Å². The molecule has 4 N–H and O–H groups in total. The molecule has 1 atom stereocenters. The lowest BCUT2D eigenvalue weighted by Crippen LogP contribution is -2.42. The van der Waals surface area contributed by atoms with Crippen molar-refractivity contribution in [3.05, 3.63) is 59.7 Å². The predicted molar refractivity (Wildman–Crippen MR) is 111 cm³/mol. The topological polar surface area (TPSA) is 120 Å². The van der Waals surface area contributed by atoms with Gasteiger partial charge in [0, 0.05) is 12.5 Å². The highest BCUT2D eigenvalue weighted by atomic mass is 16.6. The standard InChI is InChI=1S/C22H25N3O5/c1-29-20(26)19(11-6-12-24-21(23)27)25-22(28)30-13-18-16-9-4-2-7-14(16)15-8-3-5-10-17(15)18/h2-5,7-10,18-19H,6,11-13H2,1H3,(H,25,28)(H3,23,24,27)/t19-/m0/s1. The van der Waals surface area contributed by atoms with Crippen LogP contribution in [0.4, 0.5) is 9.59 Å². The third-order valence-electron chi connectivity index (χ3n) is 5.09. The highest BCUT2D eigenvalue weighted by Crippen LogP contribution is 2.44. The summed E-state index contributed by atoms with van der Waals surface area (Å²) in [6.07, 6.45) is 0.0129. The highest BCUT2D eigenvalue weighted by Gasteiger charge is 2.29. The first-order valence-corrected chi connectivity index (χ1v) is 9.74. The molecule has 1 aliphatic carbocycles. The number of ether oxygens (including phenoxy) is 2. The van der Waals surface area contributed by atoms with Crippen LogP contribution in [0, 0.1) is 0 Å². The smallest absolute Gasteiger partial charge is 0.407 e. The Kier molecular flexibility index (Phi) is 6.90. The van der Waals surface area contributed by atoms with Crippen molar-refractivity contribution < 1.29 is 23.9 Å². The zero-order valence-corrected chi connectivity index (χ0v) is 16.7. The minimum atomic E-state index is -0.875. The van der Waals surface area contributed by atoms with E-state index in [1.54, 1.807) is 0 Å². The number of esters is 1. The molecule has 8 heteroatoms. The Morgan fingerprint density at radius 1 is 1.03 bits per heavy atom. The molecule has 3 amide bonds. The minimum Gasteiger partial charge on any atom is -0.467 e. The van der Waals surface area contributed by atoms with Crippen LogP contribution in [0.3, 0.4) is 0 Å². The summed E-state index contributed by atoms with van der Waals surface area (Å²) >= 11 is 0. The number of benzene rings is 2. The summed E-state index contributed by atoms with van der Waals surface area (Å²) in [5.41, 5.74) is 9.49. The van der Waals surface area contributed by atoms with Gasteiger partial charge in [0.15, 0.2) is 0 Å². The molecule has 0 saturated carbocycles. The maximum absolute atomic E-state index is 12.4. The lowest BCUT2D eigenvalue weighted by atomic mass is 9.98. The van der Waals surface area contributed by atoms with Gasteiger partial charge in [-0.3, -0.25) is 0 Å². The number of hydrogen-bond acceptors (Lipinski definition) is 5. The first-order chi connectivity index (χ1) is 14.5. The zero-order valence-electron chi connectivity index (χ0n) is 16.7. The van der Waals surface area contributed by atoms with Gasteiger partial charge in [0.2, 0.25) is 0 Å². The van der Waals surface area contributed by atoms with Gasteiger partial charge in [0.05, 0.1) is 7.11 Å². The minimum absolute atomic E-state index is 0.0699. The Balaban J connectivity index is 1.60. The Morgan fingerprint density at radius 2 is 1.63 bits per heavy atom. The number of carbonyl (C=O) groups is 3. The molecule has 0 fully saturated rings. The van der Waals surface area contributed by atoms with E-state index in [2.05, 4.69) is 22.8 Å². The lowest BCUT2D eigenvalue weighted by Gasteiger charge is -2.18. The summed E-state index contributed by atoms with van der Waals surface area (Å²) in [6.45, 7) is 0.437. The number of nitrogens with one attached hydrogen (secondary N) is 2. The quantitative estimate of drug-likeness (QED) is 0.455. The molecule has 3 rings (SSSR count). The van der Waals surface area contributed by atoms with Crippen LogP contribution >= 0.6 is 0 Å². The lowest BCUT2D eigenvalue weighted by molar-refractivity contribution is -0.143. The van der Waals surface area contributed by atoms with Crippen LogP contribution in [0.15, 0.2) is 48.5 Å². The first-order valence-electron chi connectivity index (χ1n) is 9.74. The number of amides is 3. The molecule has 0 bridgehead atoms. The van der Waals surface area contributed by atoms with Crippen molar-refractivity contribution in [3.63, 3.8) is 0 Å². The van der Waals surface area contributed by atoms with E-state index in [1.807, 2.05) is 36.4 Å². The molecule has 2 aromatic rings. The average Bonchev–Trinajstić information content (AvgIpc) is 3.07. The second-order valence-corrected chi connectivity index (χ2v) is 6.98. The number of alkyl carbamates (subject to hydrolysis) is 1.